The zero-order valence-corrected chi connectivity index (χ0v) is 24.5. The molecule has 0 atom stereocenters. The lowest BCUT2D eigenvalue weighted by Gasteiger charge is -2.34. The summed E-state index contributed by atoms with van der Waals surface area (Å²) in [5, 5.41) is 3.53. The lowest BCUT2D eigenvalue weighted by atomic mass is 9.94. The van der Waals surface area contributed by atoms with Gasteiger partial charge in [0, 0.05) is 18.7 Å². The average Bonchev–Trinajstić information content (AvgIpc) is 3.18. The molecule has 0 bridgehead atoms. The number of nitrogens with zero attached hydrogens (tertiary/aromatic N) is 2. The van der Waals surface area contributed by atoms with Crippen molar-refractivity contribution in [2.45, 2.75) is 72.5 Å². The third kappa shape index (κ3) is 6.82. The van der Waals surface area contributed by atoms with Crippen LogP contribution in [0.1, 0.15) is 61.4 Å². The van der Waals surface area contributed by atoms with E-state index in [9.17, 15) is 0 Å². The molecule has 5 nitrogen and oxygen atoms in total. The second-order valence-electron chi connectivity index (χ2n) is 12.2. The molecule has 0 amide bonds. The lowest BCUT2D eigenvalue weighted by Crippen LogP contribution is -2.36. The first-order valence-corrected chi connectivity index (χ1v) is 14.7. The standard InChI is InChI=1S/C34H45N3O2/c1-24-8-6-9-30(33(24)38-23-28-13-12-27-14-18-35-19-15-29(27)25(28)2)31-10-7-11-32(36-31)37-20-16-26(17-21-37)22-39-34(3,4)5/h6-13,26,35H,14-23H2,1-5H3. The van der Waals surface area contributed by atoms with Gasteiger partial charge in [-0.3, -0.25) is 0 Å². The van der Waals surface area contributed by atoms with E-state index in [4.69, 9.17) is 14.5 Å². The van der Waals surface area contributed by atoms with Crippen LogP contribution in [0.4, 0.5) is 5.82 Å². The summed E-state index contributed by atoms with van der Waals surface area (Å²) >= 11 is 0. The number of anilines is 1. The molecule has 1 N–H and O–H groups in total. The van der Waals surface area contributed by atoms with Crippen LogP contribution >= 0.6 is 0 Å². The topological polar surface area (TPSA) is 46.6 Å². The zero-order valence-electron chi connectivity index (χ0n) is 24.5. The number of rotatable bonds is 7. The molecule has 0 radical (unpaired) electrons. The molecule has 208 valence electrons. The quantitative estimate of drug-likeness (QED) is 0.372. The van der Waals surface area contributed by atoms with E-state index in [0.29, 0.717) is 12.5 Å². The molecule has 0 spiro atoms. The van der Waals surface area contributed by atoms with Gasteiger partial charge in [0.05, 0.1) is 17.9 Å². The number of hydrogen-bond donors (Lipinski definition) is 1. The molecular formula is C34H45N3O2. The van der Waals surface area contributed by atoms with E-state index >= 15 is 0 Å². The van der Waals surface area contributed by atoms with E-state index in [1.807, 2.05) is 0 Å². The predicted octanol–water partition coefficient (Wildman–Crippen LogP) is 6.66. The number of fused-ring (bicyclic) bond motifs is 1. The Hall–Kier alpha value is -2.89. The van der Waals surface area contributed by atoms with Gasteiger partial charge < -0.3 is 19.7 Å². The van der Waals surface area contributed by atoms with Crippen LogP contribution < -0.4 is 15.0 Å². The maximum Gasteiger partial charge on any atom is 0.132 e. The lowest BCUT2D eigenvalue weighted by molar-refractivity contribution is -0.0257. The molecular weight excluding hydrogens is 482 g/mol. The van der Waals surface area contributed by atoms with Crippen molar-refractivity contribution in [1.82, 2.24) is 10.3 Å². The second-order valence-corrected chi connectivity index (χ2v) is 12.2. The molecule has 0 unspecified atom stereocenters. The molecule has 1 saturated heterocycles. The molecule has 1 fully saturated rings. The summed E-state index contributed by atoms with van der Waals surface area (Å²) in [4.78, 5) is 7.55. The highest BCUT2D eigenvalue weighted by Gasteiger charge is 2.23. The Morgan fingerprint density at radius 2 is 1.72 bits per heavy atom. The molecule has 0 saturated carbocycles. The van der Waals surface area contributed by atoms with Crippen LogP contribution in [0, 0.1) is 19.8 Å². The van der Waals surface area contributed by atoms with Gasteiger partial charge in [-0.2, -0.15) is 0 Å². The van der Waals surface area contributed by atoms with Gasteiger partial charge in [0.2, 0.25) is 0 Å². The normalized spacial score (nSPS) is 16.6. The smallest absolute Gasteiger partial charge is 0.132 e. The number of piperidine rings is 1. The summed E-state index contributed by atoms with van der Waals surface area (Å²) in [6.07, 6.45) is 4.46. The first kappa shape index (κ1) is 27.7. The number of ether oxygens (including phenoxy) is 2. The zero-order chi connectivity index (χ0) is 27.4. The van der Waals surface area contributed by atoms with Crippen molar-refractivity contribution in [3.05, 3.63) is 76.3 Å². The fourth-order valence-corrected chi connectivity index (χ4v) is 5.80. The number of benzene rings is 2. The van der Waals surface area contributed by atoms with Gasteiger partial charge in [-0.15, -0.1) is 0 Å². The van der Waals surface area contributed by atoms with Crippen LogP contribution in [0.3, 0.4) is 0 Å². The Kier molecular flexibility index (Phi) is 8.58. The molecule has 39 heavy (non-hydrogen) atoms. The van der Waals surface area contributed by atoms with Crippen molar-refractivity contribution >= 4 is 5.82 Å². The van der Waals surface area contributed by atoms with Crippen LogP contribution in [-0.2, 0) is 24.2 Å². The number of para-hydroxylation sites is 1. The van der Waals surface area contributed by atoms with Gasteiger partial charge >= 0.3 is 0 Å². The maximum atomic E-state index is 6.58. The highest BCUT2D eigenvalue weighted by Crippen LogP contribution is 2.34. The number of hydrogen-bond acceptors (Lipinski definition) is 5. The molecule has 0 aliphatic carbocycles. The summed E-state index contributed by atoms with van der Waals surface area (Å²) < 4.78 is 12.6. The van der Waals surface area contributed by atoms with Gasteiger partial charge in [-0.25, -0.2) is 4.98 Å². The Balaban J connectivity index is 1.30. The second kappa shape index (κ2) is 12.1. The summed E-state index contributed by atoms with van der Waals surface area (Å²) in [5.74, 6) is 2.59. The van der Waals surface area contributed by atoms with Crippen LogP contribution in [0.2, 0.25) is 0 Å². The van der Waals surface area contributed by atoms with Crippen molar-refractivity contribution in [3.8, 4) is 17.0 Å². The van der Waals surface area contributed by atoms with Crippen molar-refractivity contribution < 1.29 is 9.47 Å². The molecule has 5 rings (SSSR count). The van der Waals surface area contributed by atoms with Crippen LogP contribution in [0.5, 0.6) is 5.75 Å². The summed E-state index contributed by atoms with van der Waals surface area (Å²) in [6.45, 7) is 16.3. The number of pyridine rings is 1. The molecule has 2 aliphatic heterocycles. The number of nitrogens with one attached hydrogen (secondary N) is 1. The number of aromatic nitrogens is 1. The first-order chi connectivity index (χ1) is 18.8. The van der Waals surface area contributed by atoms with Gasteiger partial charge in [0.15, 0.2) is 0 Å². The minimum absolute atomic E-state index is 0.0733. The van der Waals surface area contributed by atoms with Gasteiger partial charge in [-0.05, 0) is 125 Å². The van der Waals surface area contributed by atoms with E-state index in [2.05, 4.69) is 93.4 Å². The SMILES string of the molecule is Cc1cccc(-c2cccc(N3CCC(COC(C)(C)C)CC3)n2)c1OCc1ccc2c(c1C)CCNCC2. The molecule has 1 aromatic heterocycles. The van der Waals surface area contributed by atoms with E-state index < -0.39 is 0 Å². The molecule has 3 heterocycles. The monoisotopic (exact) mass is 527 g/mol. The summed E-state index contributed by atoms with van der Waals surface area (Å²) in [5.41, 5.74) is 8.70. The fraction of sp³-hybridized carbons (Fsp3) is 0.500. The molecule has 2 aromatic carbocycles. The van der Waals surface area contributed by atoms with Crippen LogP contribution in [0.25, 0.3) is 11.3 Å². The highest BCUT2D eigenvalue weighted by atomic mass is 16.5. The molecule has 5 heteroatoms. The predicted molar refractivity (Wildman–Crippen MR) is 161 cm³/mol. The molecule has 2 aliphatic rings. The summed E-state index contributed by atoms with van der Waals surface area (Å²) in [6, 6.07) is 17.3. The van der Waals surface area contributed by atoms with Crippen molar-refractivity contribution in [1.29, 1.82) is 0 Å². The Morgan fingerprint density at radius 1 is 0.949 bits per heavy atom. The highest BCUT2D eigenvalue weighted by molar-refractivity contribution is 5.70. The third-order valence-electron chi connectivity index (χ3n) is 8.22. The third-order valence-corrected chi connectivity index (χ3v) is 8.22. The van der Waals surface area contributed by atoms with E-state index in [0.717, 1.165) is 86.9 Å². The Bertz CT molecular complexity index is 1270. The van der Waals surface area contributed by atoms with Gasteiger partial charge in [-0.1, -0.05) is 30.3 Å². The number of aryl methyl sites for hydroxylation is 1. The Labute approximate surface area is 234 Å². The molecule has 3 aromatic rings. The van der Waals surface area contributed by atoms with Crippen molar-refractivity contribution in [2.24, 2.45) is 5.92 Å². The minimum Gasteiger partial charge on any atom is -0.488 e. The first-order valence-electron chi connectivity index (χ1n) is 14.7. The van der Waals surface area contributed by atoms with Crippen molar-refractivity contribution in [2.75, 3.05) is 37.7 Å². The van der Waals surface area contributed by atoms with Crippen LogP contribution in [-0.4, -0.2) is 43.4 Å². The van der Waals surface area contributed by atoms with Crippen molar-refractivity contribution in [3.63, 3.8) is 0 Å². The van der Waals surface area contributed by atoms with Crippen LogP contribution in [0.15, 0.2) is 48.5 Å². The maximum absolute atomic E-state index is 6.58. The van der Waals surface area contributed by atoms with E-state index in [1.165, 1.54) is 22.3 Å². The Morgan fingerprint density at radius 3 is 2.51 bits per heavy atom. The fourth-order valence-electron chi connectivity index (χ4n) is 5.80. The average molecular weight is 528 g/mol. The largest absolute Gasteiger partial charge is 0.488 e. The summed E-state index contributed by atoms with van der Waals surface area (Å²) in [7, 11) is 0. The van der Waals surface area contributed by atoms with Gasteiger partial charge in [0.1, 0.15) is 18.2 Å². The van der Waals surface area contributed by atoms with Gasteiger partial charge in [0.25, 0.3) is 0 Å². The van der Waals surface area contributed by atoms with E-state index in [-0.39, 0.29) is 5.60 Å². The van der Waals surface area contributed by atoms with E-state index in [1.54, 1.807) is 0 Å². The minimum atomic E-state index is -0.0733.